The van der Waals surface area contributed by atoms with Crippen molar-refractivity contribution in [1.29, 1.82) is 0 Å². The number of nitrogens with zero attached hydrogens (tertiary/aromatic N) is 2. The maximum atomic E-state index is 12.4. The van der Waals surface area contributed by atoms with Gasteiger partial charge in [-0.25, -0.2) is 0 Å². The summed E-state index contributed by atoms with van der Waals surface area (Å²) in [5.74, 6) is 1.67. The maximum Gasteiger partial charge on any atom is 0.277 e. The summed E-state index contributed by atoms with van der Waals surface area (Å²) in [6.07, 6.45) is 0. The summed E-state index contributed by atoms with van der Waals surface area (Å²) < 4.78 is 16.1. The van der Waals surface area contributed by atoms with E-state index in [1.54, 1.807) is 25.3 Å². The van der Waals surface area contributed by atoms with E-state index in [1.165, 1.54) is 18.9 Å². The van der Waals surface area contributed by atoms with Crippen molar-refractivity contribution < 1.29 is 18.7 Å². The van der Waals surface area contributed by atoms with Crippen molar-refractivity contribution >= 4 is 17.5 Å². The Balaban J connectivity index is 1.69. The molecule has 0 aliphatic carbocycles. The van der Waals surface area contributed by atoms with Crippen molar-refractivity contribution in [3.63, 3.8) is 0 Å². The SMILES string of the molecule is COc1ccc(C(=O)CSc2nnc(-c3cc(C)cc(C)c3)o2)cc1OC. The van der Waals surface area contributed by atoms with Crippen molar-refractivity contribution in [3.8, 4) is 23.0 Å². The van der Waals surface area contributed by atoms with Gasteiger partial charge in [0.1, 0.15) is 0 Å². The van der Waals surface area contributed by atoms with Crippen LogP contribution in [0.15, 0.2) is 46.0 Å². The smallest absolute Gasteiger partial charge is 0.277 e. The van der Waals surface area contributed by atoms with Gasteiger partial charge in [-0.1, -0.05) is 29.0 Å². The molecule has 0 bridgehead atoms. The number of aryl methyl sites for hydroxylation is 2. The Morgan fingerprint density at radius 3 is 2.37 bits per heavy atom. The van der Waals surface area contributed by atoms with E-state index in [2.05, 4.69) is 16.3 Å². The number of Topliss-reactive ketones (excluding diaryl/α,β-unsaturated/α-hetero) is 1. The van der Waals surface area contributed by atoms with Gasteiger partial charge in [0.25, 0.3) is 5.22 Å². The van der Waals surface area contributed by atoms with E-state index in [1.807, 2.05) is 26.0 Å². The number of hydrogen-bond acceptors (Lipinski definition) is 7. The number of benzene rings is 2. The molecule has 3 aromatic rings. The van der Waals surface area contributed by atoms with E-state index in [4.69, 9.17) is 13.9 Å². The quantitative estimate of drug-likeness (QED) is 0.443. The van der Waals surface area contributed by atoms with Gasteiger partial charge >= 0.3 is 0 Å². The molecule has 0 saturated heterocycles. The molecule has 0 saturated carbocycles. The number of methoxy groups -OCH3 is 2. The molecule has 0 radical (unpaired) electrons. The molecule has 0 aliphatic rings. The molecule has 0 fully saturated rings. The predicted octanol–water partition coefficient (Wildman–Crippen LogP) is 4.35. The van der Waals surface area contributed by atoms with Crippen molar-refractivity contribution in [2.75, 3.05) is 20.0 Å². The zero-order valence-corrected chi connectivity index (χ0v) is 16.4. The molecule has 2 aromatic carbocycles. The molecule has 27 heavy (non-hydrogen) atoms. The molecule has 6 nitrogen and oxygen atoms in total. The summed E-state index contributed by atoms with van der Waals surface area (Å²) in [7, 11) is 3.09. The molecule has 7 heteroatoms. The zero-order chi connectivity index (χ0) is 19.4. The van der Waals surface area contributed by atoms with Crippen LogP contribution in [0.4, 0.5) is 0 Å². The Morgan fingerprint density at radius 2 is 1.70 bits per heavy atom. The Labute approximate surface area is 161 Å². The van der Waals surface area contributed by atoms with E-state index < -0.39 is 0 Å². The maximum absolute atomic E-state index is 12.4. The Morgan fingerprint density at radius 1 is 1.00 bits per heavy atom. The zero-order valence-electron chi connectivity index (χ0n) is 15.6. The van der Waals surface area contributed by atoms with Crippen molar-refractivity contribution in [3.05, 3.63) is 53.1 Å². The van der Waals surface area contributed by atoms with Gasteiger partial charge < -0.3 is 13.9 Å². The van der Waals surface area contributed by atoms with Crippen molar-refractivity contribution in [1.82, 2.24) is 10.2 Å². The van der Waals surface area contributed by atoms with Gasteiger partial charge in [-0.05, 0) is 44.2 Å². The Kier molecular flexibility index (Phi) is 5.81. The first-order chi connectivity index (χ1) is 13.0. The molecule has 140 valence electrons. The van der Waals surface area contributed by atoms with Crippen LogP contribution in [0.5, 0.6) is 11.5 Å². The molecule has 1 heterocycles. The largest absolute Gasteiger partial charge is 0.493 e. The number of carbonyl (C=O) groups is 1. The molecule has 0 N–H and O–H groups in total. The number of ether oxygens (including phenoxy) is 2. The standard InChI is InChI=1S/C20H20N2O4S/c1-12-7-13(2)9-15(8-12)19-21-22-20(26-19)27-11-16(23)14-5-6-17(24-3)18(10-14)25-4/h5-10H,11H2,1-4H3. The van der Waals surface area contributed by atoms with Gasteiger partial charge in [0.05, 0.1) is 20.0 Å². The second kappa shape index (κ2) is 8.26. The van der Waals surface area contributed by atoms with Crippen LogP contribution < -0.4 is 9.47 Å². The Bertz CT molecular complexity index is 948. The highest BCUT2D eigenvalue weighted by atomic mass is 32.2. The lowest BCUT2D eigenvalue weighted by molar-refractivity contribution is 0.102. The van der Waals surface area contributed by atoms with E-state index in [-0.39, 0.29) is 11.5 Å². The molecule has 0 amide bonds. The Hall–Kier alpha value is -2.80. The third kappa shape index (κ3) is 4.49. The van der Waals surface area contributed by atoms with E-state index >= 15 is 0 Å². The van der Waals surface area contributed by atoms with Crippen molar-refractivity contribution in [2.24, 2.45) is 0 Å². The van der Waals surface area contributed by atoms with Crippen LogP contribution in [0.1, 0.15) is 21.5 Å². The summed E-state index contributed by atoms with van der Waals surface area (Å²) >= 11 is 1.21. The predicted molar refractivity (Wildman–Crippen MR) is 104 cm³/mol. The second-order valence-corrected chi connectivity index (χ2v) is 6.96. The fourth-order valence-electron chi connectivity index (χ4n) is 2.70. The first-order valence-corrected chi connectivity index (χ1v) is 9.29. The number of ketones is 1. The minimum absolute atomic E-state index is 0.0629. The van der Waals surface area contributed by atoms with Crippen molar-refractivity contribution in [2.45, 2.75) is 19.1 Å². The average Bonchev–Trinajstić information content (AvgIpc) is 3.14. The third-order valence-electron chi connectivity index (χ3n) is 3.91. The molecule has 0 spiro atoms. The summed E-state index contributed by atoms with van der Waals surface area (Å²) in [5.41, 5.74) is 3.66. The van der Waals surface area contributed by atoms with Gasteiger partial charge in [0, 0.05) is 11.1 Å². The lowest BCUT2D eigenvalue weighted by Gasteiger charge is -2.08. The van der Waals surface area contributed by atoms with Crippen LogP contribution >= 0.6 is 11.8 Å². The van der Waals surface area contributed by atoms with Gasteiger partial charge in [-0.3, -0.25) is 4.79 Å². The van der Waals surface area contributed by atoms with E-state index in [0.717, 1.165) is 16.7 Å². The molecule has 3 rings (SSSR count). The number of hydrogen-bond donors (Lipinski definition) is 0. The third-order valence-corrected chi connectivity index (χ3v) is 4.73. The lowest BCUT2D eigenvalue weighted by atomic mass is 10.1. The van der Waals surface area contributed by atoms with Gasteiger partial charge in [0.2, 0.25) is 5.89 Å². The van der Waals surface area contributed by atoms with Gasteiger partial charge in [0.15, 0.2) is 17.3 Å². The van der Waals surface area contributed by atoms with Crippen LogP contribution in [0.3, 0.4) is 0 Å². The number of rotatable bonds is 7. The average molecular weight is 384 g/mol. The summed E-state index contributed by atoms with van der Waals surface area (Å²) in [4.78, 5) is 12.4. The monoisotopic (exact) mass is 384 g/mol. The highest BCUT2D eigenvalue weighted by molar-refractivity contribution is 7.99. The first-order valence-electron chi connectivity index (χ1n) is 8.30. The topological polar surface area (TPSA) is 74.5 Å². The number of thioether (sulfide) groups is 1. The second-order valence-electron chi connectivity index (χ2n) is 6.03. The molecule has 1 aromatic heterocycles. The summed E-state index contributed by atoms with van der Waals surface area (Å²) in [6.45, 7) is 4.04. The minimum atomic E-state index is -0.0629. The highest BCUT2D eigenvalue weighted by Gasteiger charge is 2.15. The fraction of sp³-hybridized carbons (Fsp3) is 0.250. The van der Waals surface area contributed by atoms with Crippen LogP contribution in [0.2, 0.25) is 0 Å². The van der Waals surface area contributed by atoms with E-state index in [0.29, 0.717) is 28.2 Å². The van der Waals surface area contributed by atoms with Crippen LogP contribution in [-0.4, -0.2) is 36.0 Å². The fourth-order valence-corrected chi connectivity index (χ4v) is 3.36. The normalized spacial score (nSPS) is 10.7. The molecule has 0 atom stereocenters. The molecular formula is C20H20N2O4S. The molecule has 0 aliphatic heterocycles. The molecule has 0 unspecified atom stereocenters. The van der Waals surface area contributed by atoms with Crippen LogP contribution in [-0.2, 0) is 0 Å². The van der Waals surface area contributed by atoms with E-state index in [9.17, 15) is 4.79 Å². The van der Waals surface area contributed by atoms with Gasteiger partial charge in [-0.15, -0.1) is 10.2 Å². The first kappa shape index (κ1) is 19.0. The number of aromatic nitrogens is 2. The van der Waals surface area contributed by atoms with Crippen LogP contribution in [0.25, 0.3) is 11.5 Å². The highest BCUT2D eigenvalue weighted by Crippen LogP contribution is 2.29. The number of carbonyl (C=O) groups excluding carboxylic acids is 1. The lowest BCUT2D eigenvalue weighted by Crippen LogP contribution is -2.03. The van der Waals surface area contributed by atoms with Gasteiger partial charge in [-0.2, -0.15) is 0 Å². The summed E-state index contributed by atoms with van der Waals surface area (Å²) in [5, 5.41) is 8.47. The van der Waals surface area contributed by atoms with Crippen LogP contribution in [0, 0.1) is 13.8 Å². The molecular weight excluding hydrogens is 364 g/mol. The summed E-state index contributed by atoms with van der Waals surface area (Å²) in [6, 6.07) is 11.1. The minimum Gasteiger partial charge on any atom is -0.493 e.